The largest absolute Gasteiger partial charge is 0.379 e. The Morgan fingerprint density at radius 3 is 2.92 bits per heavy atom. The van der Waals surface area contributed by atoms with Gasteiger partial charge in [-0.25, -0.2) is 8.42 Å². The van der Waals surface area contributed by atoms with Gasteiger partial charge in [-0.05, 0) is 6.42 Å². The van der Waals surface area contributed by atoms with Gasteiger partial charge in [0.2, 0.25) is 5.95 Å². The highest BCUT2D eigenvalue weighted by Gasteiger charge is 2.31. The summed E-state index contributed by atoms with van der Waals surface area (Å²) in [6, 6.07) is -0.0830. The van der Waals surface area contributed by atoms with Crippen LogP contribution in [0, 0.1) is 0 Å². The van der Waals surface area contributed by atoms with E-state index in [1.165, 1.54) is 0 Å². The normalized spacial score (nSPS) is 24.0. The lowest BCUT2D eigenvalue weighted by Gasteiger charge is -2.26. The molecule has 9 nitrogen and oxygen atoms in total. The highest BCUT2D eigenvalue weighted by molar-refractivity contribution is 7.91. The topological polar surface area (TPSA) is 101 Å². The maximum absolute atomic E-state index is 11.6. The third-order valence-electron chi connectivity index (χ3n) is 4.46. The molecule has 0 aliphatic carbocycles. The molecule has 0 saturated carbocycles. The molecule has 0 bridgehead atoms. The first-order valence-corrected chi connectivity index (χ1v) is 10.0. The van der Waals surface area contributed by atoms with E-state index < -0.39 is 9.84 Å². The van der Waals surface area contributed by atoms with Crippen molar-refractivity contribution < 1.29 is 13.2 Å². The smallest absolute Gasteiger partial charge is 0.247 e. The summed E-state index contributed by atoms with van der Waals surface area (Å²) in [5.74, 6) is 1.49. The average molecular weight is 356 g/mol. The van der Waals surface area contributed by atoms with E-state index in [4.69, 9.17) is 4.74 Å². The summed E-state index contributed by atoms with van der Waals surface area (Å²) in [4.78, 5) is 8.60. The second-order valence-corrected chi connectivity index (χ2v) is 8.42. The van der Waals surface area contributed by atoms with Gasteiger partial charge in [-0.1, -0.05) is 0 Å². The minimum atomic E-state index is -2.93. The highest BCUT2D eigenvalue weighted by Crippen LogP contribution is 2.20. The van der Waals surface area contributed by atoms with E-state index in [0.29, 0.717) is 18.2 Å². The Kier molecular flexibility index (Phi) is 5.47. The summed E-state index contributed by atoms with van der Waals surface area (Å²) in [5.41, 5.74) is 0. The molecule has 1 aromatic heterocycles. The Morgan fingerprint density at radius 1 is 1.42 bits per heavy atom. The first-order valence-electron chi connectivity index (χ1n) is 8.20. The molecule has 2 aliphatic rings. The van der Waals surface area contributed by atoms with Crippen LogP contribution in [0.5, 0.6) is 0 Å². The molecular formula is C14H24N6O3S. The number of anilines is 2. The van der Waals surface area contributed by atoms with Crippen LogP contribution in [0.25, 0.3) is 0 Å². The van der Waals surface area contributed by atoms with E-state index >= 15 is 0 Å². The van der Waals surface area contributed by atoms with Crippen molar-refractivity contribution in [1.82, 2.24) is 20.1 Å². The Balaban J connectivity index is 1.53. The van der Waals surface area contributed by atoms with E-state index in [1.54, 1.807) is 6.20 Å². The Labute approximate surface area is 142 Å². The SMILES string of the molecule is CN(c1nncc(NCCN2CCOCC2)n1)C1CCS(=O)(=O)C1. The maximum atomic E-state index is 11.6. The van der Waals surface area contributed by atoms with Gasteiger partial charge in [0, 0.05) is 39.3 Å². The quantitative estimate of drug-likeness (QED) is 0.705. The molecule has 3 heterocycles. The van der Waals surface area contributed by atoms with E-state index in [2.05, 4.69) is 25.4 Å². The molecule has 24 heavy (non-hydrogen) atoms. The maximum Gasteiger partial charge on any atom is 0.247 e. The number of sulfone groups is 1. The van der Waals surface area contributed by atoms with Crippen molar-refractivity contribution in [2.75, 3.05) is 68.2 Å². The Bertz CT molecular complexity index is 650. The third kappa shape index (κ3) is 4.52. The van der Waals surface area contributed by atoms with Crippen molar-refractivity contribution in [3.8, 4) is 0 Å². The van der Waals surface area contributed by atoms with Crippen LogP contribution in [0.4, 0.5) is 11.8 Å². The van der Waals surface area contributed by atoms with Gasteiger partial charge in [0.25, 0.3) is 0 Å². The lowest BCUT2D eigenvalue weighted by molar-refractivity contribution is 0.0398. The zero-order valence-corrected chi connectivity index (χ0v) is 14.7. The molecule has 0 aromatic carbocycles. The van der Waals surface area contributed by atoms with Crippen molar-refractivity contribution in [1.29, 1.82) is 0 Å². The van der Waals surface area contributed by atoms with Crippen LogP contribution in [0.2, 0.25) is 0 Å². The van der Waals surface area contributed by atoms with Gasteiger partial charge in [0.05, 0.1) is 30.9 Å². The fourth-order valence-electron chi connectivity index (χ4n) is 2.94. The first-order chi connectivity index (χ1) is 11.5. The Hall–Kier alpha value is -1.52. The zero-order chi connectivity index (χ0) is 17.0. The number of nitrogens with one attached hydrogen (secondary N) is 1. The van der Waals surface area contributed by atoms with Gasteiger partial charge < -0.3 is 15.0 Å². The molecule has 134 valence electrons. The molecule has 10 heteroatoms. The summed E-state index contributed by atoms with van der Waals surface area (Å²) in [7, 11) is -1.11. The summed E-state index contributed by atoms with van der Waals surface area (Å²) < 4.78 is 28.6. The molecule has 2 saturated heterocycles. The fraction of sp³-hybridized carbons (Fsp3) is 0.786. The molecule has 1 aromatic rings. The molecular weight excluding hydrogens is 332 g/mol. The number of hydrogen-bond acceptors (Lipinski definition) is 9. The molecule has 2 aliphatic heterocycles. The van der Waals surface area contributed by atoms with Crippen LogP contribution in [0.3, 0.4) is 0 Å². The standard InChI is InChI=1S/C14H24N6O3S/c1-19(12-2-9-24(21,22)11-12)14-17-13(10-16-18-14)15-3-4-20-5-7-23-8-6-20/h10,12H,2-9,11H2,1H3,(H,15,17,18). The summed E-state index contributed by atoms with van der Waals surface area (Å²) >= 11 is 0. The predicted molar refractivity (Wildman–Crippen MR) is 91.0 cm³/mol. The van der Waals surface area contributed by atoms with E-state index in [1.807, 2.05) is 11.9 Å². The lowest BCUT2D eigenvalue weighted by atomic mass is 10.2. The van der Waals surface area contributed by atoms with E-state index in [-0.39, 0.29) is 17.5 Å². The Morgan fingerprint density at radius 2 is 2.21 bits per heavy atom. The van der Waals surface area contributed by atoms with Crippen molar-refractivity contribution in [2.45, 2.75) is 12.5 Å². The number of hydrogen-bond donors (Lipinski definition) is 1. The van der Waals surface area contributed by atoms with Gasteiger partial charge in [-0.3, -0.25) is 4.90 Å². The molecule has 0 amide bonds. The molecule has 1 N–H and O–H groups in total. The van der Waals surface area contributed by atoms with Crippen LogP contribution in [0.1, 0.15) is 6.42 Å². The predicted octanol–water partition coefficient (Wildman–Crippen LogP) is -0.761. The lowest BCUT2D eigenvalue weighted by Crippen LogP contribution is -2.39. The van der Waals surface area contributed by atoms with Crippen LogP contribution in [-0.4, -0.2) is 92.5 Å². The van der Waals surface area contributed by atoms with Crippen molar-refractivity contribution in [3.63, 3.8) is 0 Å². The summed E-state index contributed by atoms with van der Waals surface area (Å²) in [6.45, 7) is 5.16. The van der Waals surface area contributed by atoms with Gasteiger partial charge in [0.15, 0.2) is 15.7 Å². The summed E-state index contributed by atoms with van der Waals surface area (Å²) in [5, 5.41) is 11.3. The average Bonchev–Trinajstić information content (AvgIpc) is 2.95. The van der Waals surface area contributed by atoms with E-state index in [9.17, 15) is 8.42 Å². The van der Waals surface area contributed by atoms with Crippen LogP contribution in [-0.2, 0) is 14.6 Å². The minimum absolute atomic E-state index is 0.0830. The number of nitrogens with zero attached hydrogens (tertiary/aromatic N) is 5. The molecule has 1 atom stereocenters. The number of aromatic nitrogens is 3. The highest BCUT2D eigenvalue weighted by atomic mass is 32.2. The molecule has 2 fully saturated rings. The third-order valence-corrected chi connectivity index (χ3v) is 6.21. The van der Waals surface area contributed by atoms with Gasteiger partial charge >= 0.3 is 0 Å². The van der Waals surface area contributed by atoms with Crippen LogP contribution >= 0.6 is 0 Å². The monoisotopic (exact) mass is 356 g/mol. The zero-order valence-electron chi connectivity index (χ0n) is 13.9. The first kappa shape index (κ1) is 17.3. The molecule has 1 unspecified atom stereocenters. The van der Waals surface area contributed by atoms with E-state index in [0.717, 1.165) is 39.4 Å². The number of morpholine rings is 1. The van der Waals surface area contributed by atoms with Crippen molar-refractivity contribution in [3.05, 3.63) is 6.20 Å². The molecule has 3 rings (SSSR count). The van der Waals surface area contributed by atoms with Crippen LogP contribution in [0.15, 0.2) is 6.20 Å². The second-order valence-electron chi connectivity index (χ2n) is 6.19. The fourth-order valence-corrected chi connectivity index (χ4v) is 4.71. The second kappa shape index (κ2) is 7.58. The van der Waals surface area contributed by atoms with Crippen molar-refractivity contribution in [2.24, 2.45) is 0 Å². The van der Waals surface area contributed by atoms with Gasteiger partial charge in [-0.15, -0.1) is 5.10 Å². The minimum Gasteiger partial charge on any atom is -0.379 e. The number of ether oxygens (including phenoxy) is 1. The van der Waals surface area contributed by atoms with Crippen LogP contribution < -0.4 is 10.2 Å². The number of rotatable bonds is 6. The molecule has 0 radical (unpaired) electrons. The van der Waals surface area contributed by atoms with Gasteiger partial charge in [0.1, 0.15) is 0 Å². The van der Waals surface area contributed by atoms with Gasteiger partial charge in [-0.2, -0.15) is 10.1 Å². The molecule has 0 spiro atoms. The summed E-state index contributed by atoms with van der Waals surface area (Å²) in [6.07, 6.45) is 2.19. The van der Waals surface area contributed by atoms with Crippen molar-refractivity contribution >= 4 is 21.6 Å².